The van der Waals surface area contributed by atoms with Crippen LogP contribution in [0.15, 0.2) is 18.5 Å². The Labute approximate surface area is 132 Å². The molecule has 2 heterocycles. The maximum atomic E-state index is 12.2. The van der Waals surface area contributed by atoms with Crippen LogP contribution in [0.25, 0.3) is 0 Å². The van der Waals surface area contributed by atoms with Gasteiger partial charge in [0, 0.05) is 23.8 Å². The van der Waals surface area contributed by atoms with Crippen LogP contribution in [0.2, 0.25) is 5.02 Å². The second kappa shape index (κ2) is 7.38. The molecule has 0 spiro atoms. The van der Waals surface area contributed by atoms with Crippen molar-refractivity contribution in [1.82, 2.24) is 15.3 Å². The number of halogens is 1. The van der Waals surface area contributed by atoms with Gasteiger partial charge in [0.05, 0.1) is 17.1 Å². The topological polar surface area (TPSA) is 66.9 Å². The van der Waals surface area contributed by atoms with Crippen LogP contribution in [0.3, 0.4) is 0 Å². The third kappa shape index (κ3) is 4.15. The summed E-state index contributed by atoms with van der Waals surface area (Å²) < 4.78 is 0. The highest BCUT2D eigenvalue weighted by Crippen LogP contribution is 2.18. The minimum Gasteiger partial charge on any atom is -0.370 e. The quantitative estimate of drug-likeness (QED) is 0.856. The first kappa shape index (κ1) is 15.7. The molecular weight excluding hydrogens is 308 g/mol. The van der Waals surface area contributed by atoms with Crippen molar-refractivity contribution < 1.29 is 4.79 Å². The molecule has 5 nitrogen and oxygen atoms in total. The highest BCUT2D eigenvalue weighted by atomic mass is 35.5. The Morgan fingerprint density at radius 1 is 1.33 bits per heavy atom. The predicted molar refractivity (Wildman–Crippen MR) is 86.1 cm³/mol. The van der Waals surface area contributed by atoms with Gasteiger partial charge in [0.2, 0.25) is 0 Å². The molecule has 0 aliphatic rings. The molecule has 0 aromatic carbocycles. The minimum absolute atomic E-state index is 0.227. The second-order valence-electron chi connectivity index (χ2n) is 4.34. The van der Waals surface area contributed by atoms with E-state index in [1.54, 1.807) is 17.4 Å². The predicted octanol–water partition coefficient (Wildman–Crippen LogP) is 3.12. The van der Waals surface area contributed by atoms with Crippen LogP contribution in [0, 0.1) is 0 Å². The Bertz CT molecular complexity index is 629. The zero-order chi connectivity index (χ0) is 15.2. The van der Waals surface area contributed by atoms with Crippen LogP contribution in [-0.4, -0.2) is 22.4 Å². The largest absolute Gasteiger partial charge is 0.370 e. The standard InChI is InChI=1S/C14H17ClN4OS/c1-3-9-6-18-13(21-9)8-19-14(20)10-5-12(16-4-2)17-7-11(10)15/h5-7H,3-4,8H2,1-2H3,(H,16,17)(H,19,20). The molecule has 2 N–H and O–H groups in total. The van der Waals surface area contributed by atoms with E-state index < -0.39 is 0 Å². The van der Waals surface area contributed by atoms with E-state index in [0.717, 1.165) is 18.0 Å². The van der Waals surface area contributed by atoms with Gasteiger partial charge in [-0.05, 0) is 19.4 Å². The maximum absolute atomic E-state index is 12.2. The molecule has 0 saturated heterocycles. The molecule has 0 fully saturated rings. The second-order valence-corrected chi connectivity index (χ2v) is 5.94. The minimum atomic E-state index is -0.227. The van der Waals surface area contributed by atoms with Gasteiger partial charge in [0.15, 0.2) is 0 Å². The first-order valence-electron chi connectivity index (χ1n) is 6.75. The molecular formula is C14H17ClN4OS. The Morgan fingerprint density at radius 3 is 2.81 bits per heavy atom. The number of anilines is 1. The van der Waals surface area contributed by atoms with Gasteiger partial charge in [-0.2, -0.15) is 0 Å². The van der Waals surface area contributed by atoms with E-state index >= 15 is 0 Å². The molecule has 7 heteroatoms. The molecule has 2 aromatic rings. The van der Waals surface area contributed by atoms with Gasteiger partial charge >= 0.3 is 0 Å². The van der Waals surface area contributed by atoms with Crippen molar-refractivity contribution >= 4 is 34.7 Å². The van der Waals surface area contributed by atoms with E-state index in [2.05, 4.69) is 27.5 Å². The fourth-order valence-electron chi connectivity index (χ4n) is 1.73. The zero-order valence-electron chi connectivity index (χ0n) is 11.9. The summed E-state index contributed by atoms with van der Waals surface area (Å²) in [6.07, 6.45) is 4.27. The lowest BCUT2D eigenvalue weighted by molar-refractivity contribution is 0.0951. The lowest BCUT2D eigenvalue weighted by atomic mass is 10.2. The molecule has 2 aromatic heterocycles. The number of aromatic nitrogens is 2. The number of rotatable bonds is 6. The molecule has 0 saturated carbocycles. The Balaban J connectivity index is 2.03. The van der Waals surface area contributed by atoms with Crippen molar-refractivity contribution in [2.24, 2.45) is 0 Å². The number of thiazole rings is 1. The molecule has 0 atom stereocenters. The van der Waals surface area contributed by atoms with E-state index in [1.807, 2.05) is 13.1 Å². The summed E-state index contributed by atoms with van der Waals surface area (Å²) in [6.45, 7) is 5.17. The molecule has 0 aliphatic carbocycles. The monoisotopic (exact) mass is 324 g/mol. The van der Waals surface area contributed by atoms with Crippen LogP contribution in [0.4, 0.5) is 5.82 Å². The average molecular weight is 325 g/mol. The molecule has 1 amide bonds. The molecule has 0 radical (unpaired) electrons. The van der Waals surface area contributed by atoms with Crippen LogP contribution >= 0.6 is 22.9 Å². The number of hydrogen-bond donors (Lipinski definition) is 2. The summed E-state index contributed by atoms with van der Waals surface area (Å²) in [6, 6.07) is 1.65. The van der Waals surface area contributed by atoms with Crippen molar-refractivity contribution in [3.63, 3.8) is 0 Å². The number of carbonyl (C=O) groups excluding carboxylic acids is 1. The van der Waals surface area contributed by atoms with Gasteiger partial charge in [-0.25, -0.2) is 9.97 Å². The van der Waals surface area contributed by atoms with Crippen molar-refractivity contribution in [3.05, 3.63) is 38.9 Å². The normalized spacial score (nSPS) is 10.4. The Hall–Kier alpha value is -1.66. The van der Waals surface area contributed by atoms with E-state index in [1.165, 1.54) is 11.1 Å². The average Bonchev–Trinajstić information content (AvgIpc) is 2.95. The Kier molecular flexibility index (Phi) is 5.52. The molecule has 2 rings (SSSR count). The third-order valence-corrected chi connectivity index (χ3v) is 4.25. The number of amides is 1. The Morgan fingerprint density at radius 2 is 2.14 bits per heavy atom. The van der Waals surface area contributed by atoms with E-state index in [4.69, 9.17) is 11.6 Å². The summed E-state index contributed by atoms with van der Waals surface area (Å²) >= 11 is 7.64. The highest BCUT2D eigenvalue weighted by molar-refractivity contribution is 7.11. The first-order valence-corrected chi connectivity index (χ1v) is 7.94. The first-order chi connectivity index (χ1) is 10.1. The molecule has 0 bridgehead atoms. The molecule has 112 valence electrons. The van der Waals surface area contributed by atoms with Gasteiger partial charge in [0.1, 0.15) is 10.8 Å². The van der Waals surface area contributed by atoms with Gasteiger partial charge in [0.25, 0.3) is 5.91 Å². The number of pyridine rings is 1. The molecule has 21 heavy (non-hydrogen) atoms. The maximum Gasteiger partial charge on any atom is 0.253 e. The lowest BCUT2D eigenvalue weighted by Gasteiger charge is -2.08. The van der Waals surface area contributed by atoms with Crippen LogP contribution < -0.4 is 10.6 Å². The van der Waals surface area contributed by atoms with E-state index in [9.17, 15) is 4.79 Å². The van der Waals surface area contributed by atoms with E-state index in [0.29, 0.717) is 22.9 Å². The number of nitrogens with zero attached hydrogens (tertiary/aromatic N) is 2. The van der Waals surface area contributed by atoms with Crippen LogP contribution in [0.5, 0.6) is 0 Å². The van der Waals surface area contributed by atoms with E-state index in [-0.39, 0.29) is 5.91 Å². The summed E-state index contributed by atoms with van der Waals surface area (Å²) in [5, 5.41) is 7.11. The number of hydrogen-bond acceptors (Lipinski definition) is 5. The van der Waals surface area contributed by atoms with Gasteiger partial charge in [-0.15, -0.1) is 11.3 Å². The third-order valence-electron chi connectivity index (χ3n) is 2.81. The SMILES string of the molecule is CCNc1cc(C(=O)NCc2ncc(CC)s2)c(Cl)cn1. The number of nitrogens with one attached hydrogen (secondary N) is 2. The smallest absolute Gasteiger partial charge is 0.253 e. The molecule has 0 unspecified atom stereocenters. The number of aryl methyl sites for hydroxylation is 1. The van der Waals surface area contributed by atoms with Crippen molar-refractivity contribution in [2.45, 2.75) is 26.8 Å². The molecule has 0 aliphatic heterocycles. The van der Waals surface area contributed by atoms with Gasteiger partial charge in [-0.1, -0.05) is 18.5 Å². The summed E-state index contributed by atoms with van der Waals surface area (Å²) in [4.78, 5) is 21.8. The zero-order valence-corrected chi connectivity index (χ0v) is 13.5. The fourth-order valence-corrected chi connectivity index (χ4v) is 2.73. The summed E-state index contributed by atoms with van der Waals surface area (Å²) in [5.74, 6) is 0.407. The van der Waals surface area contributed by atoms with Crippen molar-refractivity contribution in [2.75, 3.05) is 11.9 Å². The lowest BCUT2D eigenvalue weighted by Crippen LogP contribution is -2.23. The van der Waals surface area contributed by atoms with Crippen LogP contribution in [0.1, 0.15) is 34.1 Å². The van der Waals surface area contributed by atoms with Crippen LogP contribution in [-0.2, 0) is 13.0 Å². The van der Waals surface area contributed by atoms with Crippen molar-refractivity contribution in [1.29, 1.82) is 0 Å². The summed E-state index contributed by atoms with van der Waals surface area (Å²) in [5.41, 5.74) is 0.412. The van der Waals surface area contributed by atoms with Gasteiger partial charge < -0.3 is 10.6 Å². The fraction of sp³-hybridized carbons (Fsp3) is 0.357. The summed E-state index contributed by atoms with van der Waals surface area (Å²) in [7, 11) is 0. The number of carbonyl (C=O) groups is 1. The highest BCUT2D eigenvalue weighted by Gasteiger charge is 2.12. The van der Waals surface area contributed by atoms with Crippen molar-refractivity contribution in [3.8, 4) is 0 Å². The van der Waals surface area contributed by atoms with Gasteiger partial charge in [-0.3, -0.25) is 4.79 Å².